The second-order valence-corrected chi connectivity index (χ2v) is 9.71. The maximum absolute atomic E-state index is 12.4. The Kier molecular flexibility index (Phi) is 5.81. The Balaban J connectivity index is 1.16. The molecule has 4 saturated carbocycles. The summed E-state index contributed by atoms with van der Waals surface area (Å²) in [5, 5.41) is 3.32. The number of rotatable bonds is 6. The Morgan fingerprint density at radius 3 is 2.00 bits per heavy atom. The summed E-state index contributed by atoms with van der Waals surface area (Å²) in [7, 11) is 0. The van der Waals surface area contributed by atoms with Gasteiger partial charge < -0.3 is 5.32 Å². The monoisotopic (exact) mass is 417 g/mol. The third-order valence-corrected chi connectivity index (χ3v) is 7.02. The van der Waals surface area contributed by atoms with E-state index in [-0.39, 0.29) is 30.2 Å². The number of nitrogens with one attached hydrogen (secondary N) is 3. The fourth-order valence-electron chi connectivity index (χ4n) is 6.10. The van der Waals surface area contributed by atoms with Gasteiger partial charge in [-0.1, -0.05) is 23.7 Å². The van der Waals surface area contributed by atoms with Gasteiger partial charge in [-0.05, 0) is 79.4 Å². The van der Waals surface area contributed by atoms with Gasteiger partial charge in [0.2, 0.25) is 11.8 Å². The molecule has 0 radical (unpaired) electrons. The second-order valence-electron chi connectivity index (χ2n) is 9.27. The fourth-order valence-corrected chi connectivity index (χ4v) is 6.23. The molecule has 0 heterocycles. The molecular formula is C22H28ClN3O3. The van der Waals surface area contributed by atoms with Gasteiger partial charge in [-0.3, -0.25) is 25.2 Å². The largest absolute Gasteiger partial charge is 0.347 e. The smallest absolute Gasteiger partial charge is 0.257 e. The molecule has 29 heavy (non-hydrogen) atoms. The van der Waals surface area contributed by atoms with E-state index in [1.807, 2.05) is 0 Å². The summed E-state index contributed by atoms with van der Waals surface area (Å²) in [5.74, 6) is 1.57. The zero-order chi connectivity index (χ0) is 20.4. The van der Waals surface area contributed by atoms with Crippen molar-refractivity contribution in [2.24, 2.45) is 23.2 Å². The Morgan fingerprint density at radius 2 is 1.41 bits per heavy atom. The highest BCUT2D eigenvalue weighted by Gasteiger charge is 2.51. The lowest BCUT2D eigenvalue weighted by Gasteiger charge is -2.56. The number of hydrazine groups is 1. The third-order valence-electron chi connectivity index (χ3n) is 6.77. The average molecular weight is 418 g/mol. The van der Waals surface area contributed by atoms with Crippen LogP contribution in [-0.2, 0) is 20.8 Å². The van der Waals surface area contributed by atoms with E-state index in [0.717, 1.165) is 23.3 Å². The van der Waals surface area contributed by atoms with Gasteiger partial charge in [-0.25, -0.2) is 0 Å². The number of carbonyl (C=O) groups excluding carboxylic acids is 3. The van der Waals surface area contributed by atoms with Crippen LogP contribution in [0.1, 0.15) is 50.5 Å². The molecule has 3 amide bonds. The van der Waals surface area contributed by atoms with Crippen LogP contribution in [0.25, 0.3) is 0 Å². The van der Waals surface area contributed by atoms with Gasteiger partial charge in [0, 0.05) is 11.4 Å². The van der Waals surface area contributed by atoms with Crippen molar-refractivity contribution < 1.29 is 14.4 Å². The molecule has 1 aromatic carbocycles. The minimum Gasteiger partial charge on any atom is -0.347 e. The minimum atomic E-state index is -0.437. The lowest BCUT2D eigenvalue weighted by Crippen LogP contribution is -2.49. The number of halogens is 1. The van der Waals surface area contributed by atoms with Crippen molar-refractivity contribution in [3.63, 3.8) is 0 Å². The predicted molar refractivity (Wildman–Crippen MR) is 110 cm³/mol. The Labute approximate surface area is 176 Å². The molecule has 3 N–H and O–H groups in total. The normalized spacial score (nSPS) is 29.3. The first-order valence-corrected chi connectivity index (χ1v) is 10.9. The number of amides is 3. The van der Waals surface area contributed by atoms with Crippen LogP contribution >= 0.6 is 11.6 Å². The molecule has 0 unspecified atom stereocenters. The highest BCUT2D eigenvalue weighted by Crippen LogP contribution is 2.61. The van der Waals surface area contributed by atoms with E-state index in [1.54, 1.807) is 24.3 Å². The molecule has 0 aliphatic heterocycles. The zero-order valence-electron chi connectivity index (χ0n) is 16.5. The molecule has 0 spiro atoms. The molecule has 5 rings (SSSR count). The Bertz CT molecular complexity index is 758. The fraction of sp³-hybridized carbons (Fsp3) is 0.591. The van der Waals surface area contributed by atoms with E-state index < -0.39 is 5.91 Å². The Hall–Kier alpha value is -2.08. The summed E-state index contributed by atoms with van der Waals surface area (Å²) < 4.78 is 0. The molecule has 4 fully saturated rings. The second kappa shape index (κ2) is 8.34. The van der Waals surface area contributed by atoms with Gasteiger partial charge in [0.1, 0.15) is 0 Å². The van der Waals surface area contributed by atoms with Gasteiger partial charge in [0.25, 0.3) is 5.91 Å². The van der Waals surface area contributed by atoms with Gasteiger partial charge in [-0.15, -0.1) is 0 Å². The van der Waals surface area contributed by atoms with Crippen LogP contribution < -0.4 is 16.2 Å². The lowest BCUT2D eigenvalue weighted by atomic mass is 9.49. The summed E-state index contributed by atoms with van der Waals surface area (Å²) in [4.78, 5) is 36.3. The predicted octanol–water partition coefficient (Wildman–Crippen LogP) is 2.75. The molecule has 4 bridgehead atoms. The van der Waals surface area contributed by atoms with Crippen LogP contribution in [0.2, 0.25) is 5.02 Å². The van der Waals surface area contributed by atoms with E-state index in [9.17, 15) is 14.4 Å². The third kappa shape index (κ3) is 5.10. The van der Waals surface area contributed by atoms with Crippen LogP contribution in [0.3, 0.4) is 0 Å². The van der Waals surface area contributed by atoms with Crippen molar-refractivity contribution in [3.8, 4) is 0 Å². The van der Waals surface area contributed by atoms with Crippen molar-refractivity contribution in [1.82, 2.24) is 16.2 Å². The molecule has 0 saturated heterocycles. The van der Waals surface area contributed by atoms with Gasteiger partial charge in [0.05, 0.1) is 13.0 Å². The first kappa shape index (κ1) is 20.2. The molecule has 1 aromatic rings. The average Bonchev–Trinajstić information content (AvgIpc) is 2.65. The van der Waals surface area contributed by atoms with Crippen molar-refractivity contribution in [2.75, 3.05) is 6.54 Å². The van der Waals surface area contributed by atoms with Crippen LogP contribution in [0.5, 0.6) is 0 Å². The first-order chi connectivity index (χ1) is 13.9. The standard InChI is InChI=1S/C22H28ClN3O3/c23-18-3-1-14(2-4-18)8-19(27)25-26-21(29)13-24-20(28)12-22-9-15-5-16(10-22)7-17(6-15)11-22/h1-4,15-17H,5-13H2,(H,24,28)(H,25,27)(H,26,29). The van der Waals surface area contributed by atoms with E-state index in [1.165, 1.54) is 38.5 Å². The van der Waals surface area contributed by atoms with Crippen LogP contribution in [0.4, 0.5) is 0 Å². The summed E-state index contributed by atoms with van der Waals surface area (Å²) in [6.07, 6.45) is 8.19. The highest BCUT2D eigenvalue weighted by molar-refractivity contribution is 6.30. The van der Waals surface area contributed by atoms with Crippen molar-refractivity contribution in [2.45, 2.75) is 51.4 Å². The minimum absolute atomic E-state index is 0.0606. The summed E-state index contributed by atoms with van der Waals surface area (Å²) in [6, 6.07) is 6.94. The van der Waals surface area contributed by atoms with Crippen LogP contribution in [0, 0.1) is 23.2 Å². The first-order valence-electron chi connectivity index (χ1n) is 10.5. The van der Waals surface area contributed by atoms with E-state index in [4.69, 9.17) is 11.6 Å². The number of hydrogen-bond acceptors (Lipinski definition) is 3. The Morgan fingerprint density at radius 1 is 0.862 bits per heavy atom. The highest BCUT2D eigenvalue weighted by atomic mass is 35.5. The number of benzene rings is 1. The molecule has 0 atom stereocenters. The number of carbonyl (C=O) groups is 3. The molecule has 156 valence electrons. The summed E-state index contributed by atoms with van der Waals surface area (Å²) >= 11 is 5.82. The van der Waals surface area contributed by atoms with Crippen molar-refractivity contribution in [1.29, 1.82) is 0 Å². The van der Waals surface area contributed by atoms with Gasteiger partial charge >= 0.3 is 0 Å². The van der Waals surface area contributed by atoms with Crippen molar-refractivity contribution in [3.05, 3.63) is 34.9 Å². The molecule has 4 aliphatic carbocycles. The van der Waals surface area contributed by atoms with Crippen LogP contribution in [-0.4, -0.2) is 24.3 Å². The summed E-state index contributed by atoms with van der Waals surface area (Å²) in [6.45, 7) is -0.133. The van der Waals surface area contributed by atoms with Crippen LogP contribution in [0.15, 0.2) is 24.3 Å². The maximum atomic E-state index is 12.4. The zero-order valence-corrected chi connectivity index (χ0v) is 17.3. The van der Waals surface area contributed by atoms with E-state index in [0.29, 0.717) is 11.4 Å². The quantitative estimate of drug-likeness (QED) is 0.622. The van der Waals surface area contributed by atoms with E-state index >= 15 is 0 Å². The SMILES string of the molecule is O=C(CC12CC3CC(CC(C3)C1)C2)NCC(=O)NNC(=O)Cc1ccc(Cl)cc1. The van der Waals surface area contributed by atoms with Gasteiger partial charge in [0.15, 0.2) is 0 Å². The maximum Gasteiger partial charge on any atom is 0.257 e. The number of hydrogen-bond donors (Lipinski definition) is 3. The molecule has 7 heteroatoms. The molecule has 6 nitrogen and oxygen atoms in total. The topological polar surface area (TPSA) is 87.3 Å². The molecule has 4 aliphatic rings. The molecule has 0 aromatic heterocycles. The van der Waals surface area contributed by atoms with Gasteiger partial charge in [-0.2, -0.15) is 0 Å². The summed E-state index contributed by atoms with van der Waals surface area (Å²) in [5.41, 5.74) is 5.67. The lowest BCUT2D eigenvalue weighted by molar-refractivity contribution is -0.132. The van der Waals surface area contributed by atoms with E-state index in [2.05, 4.69) is 16.2 Å². The molecular weight excluding hydrogens is 390 g/mol. The van der Waals surface area contributed by atoms with Crippen molar-refractivity contribution >= 4 is 29.3 Å².